The van der Waals surface area contributed by atoms with Crippen LogP contribution in [-0.2, 0) is 19.1 Å². The first kappa shape index (κ1) is 28.9. The molecule has 1 fully saturated rings. The molecule has 1 unspecified atom stereocenters. The van der Waals surface area contributed by atoms with Gasteiger partial charge in [0.25, 0.3) is 0 Å². The molecule has 1 heterocycles. The minimum absolute atomic E-state index is 0.167. The molecule has 35 heavy (non-hydrogen) atoms. The van der Waals surface area contributed by atoms with Gasteiger partial charge in [-0.25, -0.2) is 4.79 Å². The lowest BCUT2D eigenvalue weighted by atomic mass is 9.82. The van der Waals surface area contributed by atoms with Crippen molar-refractivity contribution in [2.75, 3.05) is 33.2 Å². The molecule has 2 atom stereocenters. The van der Waals surface area contributed by atoms with Crippen LogP contribution in [0.25, 0.3) is 0 Å². The summed E-state index contributed by atoms with van der Waals surface area (Å²) in [5.74, 6) is 5.64. The summed E-state index contributed by atoms with van der Waals surface area (Å²) in [7, 11) is 6.12. The smallest absolute Gasteiger partial charge is 0.350 e. The number of amides is 2. The van der Waals surface area contributed by atoms with Crippen LogP contribution in [0.3, 0.4) is 0 Å². The van der Waals surface area contributed by atoms with Gasteiger partial charge in [-0.2, -0.15) is 0 Å². The highest BCUT2D eigenvalue weighted by atomic mass is 32.1. The monoisotopic (exact) mass is 504 g/mol. The van der Waals surface area contributed by atoms with Crippen molar-refractivity contribution in [3.63, 3.8) is 0 Å². The number of carbonyl (C=O) groups is 3. The molecule has 2 rings (SSSR count). The quantitative estimate of drug-likeness (QED) is 0.401. The maximum Gasteiger partial charge on any atom is 0.350 e. The molecule has 2 amide bonds. The summed E-state index contributed by atoms with van der Waals surface area (Å²) >= 11 is 1.17. The molecule has 0 spiro atoms. The first-order valence-corrected chi connectivity index (χ1v) is 12.9. The van der Waals surface area contributed by atoms with E-state index >= 15 is 0 Å². The largest absolute Gasteiger partial charge is 0.465 e. The number of ether oxygens (including phenoxy) is 2. The zero-order valence-corrected chi connectivity index (χ0v) is 23.4. The molecule has 8 heteroatoms. The summed E-state index contributed by atoms with van der Waals surface area (Å²) in [5.41, 5.74) is 0.116. The van der Waals surface area contributed by atoms with Gasteiger partial charge in [-0.3, -0.25) is 14.5 Å². The predicted octanol–water partition coefficient (Wildman–Crippen LogP) is 4.58. The fraction of sp³-hybridized carbons (Fsp3) is 0.667. The lowest BCUT2D eigenvalue weighted by Crippen LogP contribution is -2.57. The van der Waals surface area contributed by atoms with Gasteiger partial charge in [-0.05, 0) is 65.4 Å². The van der Waals surface area contributed by atoms with Gasteiger partial charge in [-0.1, -0.05) is 18.8 Å². The van der Waals surface area contributed by atoms with Crippen molar-refractivity contribution in [3.05, 3.63) is 15.8 Å². The van der Waals surface area contributed by atoms with Crippen molar-refractivity contribution >= 4 is 34.8 Å². The summed E-state index contributed by atoms with van der Waals surface area (Å²) in [6, 6.07) is 0.792. The fourth-order valence-corrected chi connectivity index (χ4v) is 5.06. The summed E-state index contributed by atoms with van der Waals surface area (Å²) in [5, 5.41) is 0. The predicted molar refractivity (Wildman–Crippen MR) is 140 cm³/mol. The van der Waals surface area contributed by atoms with E-state index in [0.29, 0.717) is 16.5 Å². The number of methoxy groups -OCH3 is 2. The highest BCUT2D eigenvalue weighted by Crippen LogP contribution is 2.37. The maximum atomic E-state index is 14.1. The topological polar surface area (TPSA) is 76.2 Å². The highest BCUT2D eigenvalue weighted by Gasteiger charge is 2.42. The molecule has 1 saturated carbocycles. The van der Waals surface area contributed by atoms with Crippen molar-refractivity contribution in [3.8, 4) is 11.8 Å². The van der Waals surface area contributed by atoms with Crippen molar-refractivity contribution in [2.45, 2.75) is 72.4 Å². The van der Waals surface area contributed by atoms with Crippen LogP contribution in [0.1, 0.15) is 74.9 Å². The maximum absolute atomic E-state index is 14.1. The van der Waals surface area contributed by atoms with Crippen LogP contribution < -0.4 is 4.90 Å². The summed E-state index contributed by atoms with van der Waals surface area (Å²) < 4.78 is 10.6. The molecular weight excluding hydrogens is 464 g/mol. The van der Waals surface area contributed by atoms with Crippen LogP contribution in [0.4, 0.5) is 5.69 Å². The number of likely N-dealkylation sites (N-methyl/N-ethyl adjacent to an activating group) is 1. The van der Waals surface area contributed by atoms with Crippen molar-refractivity contribution in [1.82, 2.24) is 4.90 Å². The third-order valence-electron chi connectivity index (χ3n) is 6.29. The molecule has 0 radical (unpaired) electrons. The second kappa shape index (κ2) is 12.0. The Morgan fingerprint density at radius 2 is 1.71 bits per heavy atom. The molecule has 194 valence electrons. The molecule has 0 aromatic carbocycles. The molecule has 1 aliphatic carbocycles. The fourth-order valence-electron chi connectivity index (χ4n) is 4.13. The van der Waals surface area contributed by atoms with Crippen LogP contribution in [0.2, 0.25) is 0 Å². The number of anilines is 1. The Kier molecular flexibility index (Phi) is 9.94. The van der Waals surface area contributed by atoms with Gasteiger partial charge < -0.3 is 14.4 Å². The Morgan fingerprint density at radius 3 is 2.20 bits per heavy atom. The number of rotatable bonds is 7. The van der Waals surface area contributed by atoms with Crippen LogP contribution >= 0.6 is 11.3 Å². The molecule has 1 aromatic heterocycles. The van der Waals surface area contributed by atoms with E-state index in [4.69, 9.17) is 9.47 Å². The van der Waals surface area contributed by atoms with Crippen molar-refractivity contribution in [2.24, 2.45) is 17.3 Å². The zero-order valence-electron chi connectivity index (χ0n) is 22.6. The lowest BCUT2D eigenvalue weighted by molar-refractivity contribution is -0.136. The highest BCUT2D eigenvalue weighted by molar-refractivity contribution is 7.15. The Bertz CT molecular complexity index is 974. The van der Waals surface area contributed by atoms with E-state index in [-0.39, 0.29) is 28.0 Å². The molecule has 0 saturated heterocycles. The molecule has 0 bridgehead atoms. The van der Waals surface area contributed by atoms with E-state index < -0.39 is 18.1 Å². The van der Waals surface area contributed by atoms with Gasteiger partial charge in [-0.15, -0.1) is 11.3 Å². The number of thiophene rings is 1. The number of hydrogen-bond acceptors (Lipinski definition) is 6. The van der Waals surface area contributed by atoms with E-state index in [1.54, 1.807) is 27.1 Å². The number of esters is 1. The van der Waals surface area contributed by atoms with Gasteiger partial charge in [0.15, 0.2) is 0 Å². The first-order valence-electron chi connectivity index (χ1n) is 12.1. The minimum atomic E-state index is -0.941. The standard InChI is InChI=1S/C27H40N2O5S/c1-17-10-12-19(13-11-17)24(30)29(22(18(2)33-8)25(31)28(6)7)21-16-20(14-15-27(3,4)5)35-23(21)26(32)34-9/h16-19,22H,10-13H2,1-9H3/t17?,18-,19?,22?/m1/s1. The van der Waals surface area contributed by atoms with E-state index in [9.17, 15) is 14.4 Å². The van der Waals surface area contributed by atoms with Crippen LogP contribution in [0.5, 0.6) is 0 Å². The van der Waals surface area contributed by atoms with Gasteiger partial charge in [0.2, 0.25) is 11.8 Å². The second-order valence-electron chi connectivity index (χ2n) is 10.6. The average Bonchev–Trinajstić information content (AvgIpc) is 3.23. The zero-order chi connectivity index (χ0) is 26.5. The Balaban J connectivity index is 2.73. The minimum Gasteiger partial charge on any atom is -0.465 e. The van der Waals surface area contributed by atoms with E-state index in [2.05, 4.69) is 18.8 Å². The van der Waals surface area contributed by atoms with Crippen molar-refractivity contribution in [1.29, 1.82) is 0 Å². The number of carbonyl (C=O) groups excluding carboxylic acids is 3. The van der Waals surface area contributed by atoms with Gasteiger partial charge >= 0.3 is 5.97 Å². The third-order valence-corrected chi connectivity index (χ3v) is 7.31. The summed E-state index contributed by atoms with van der Waals surface area (Å²) in [6.07, 6.45) is 2.79. The Labute approximate surface area is 214 Å². The van der Waals surface area contributed by atoms with Gasteiger partial charge in [0.1, 0.15) is 10.9 Å². The third kappa shape index (κ3) is 7.31. The molecule has 0 aliphatic heterocycles. The number of hydrogen-bond donors (Lipinski definition) is 0. The van der Waals surface area contributed by atoms with Crippen molar-refractivity contribution < 1.29 is 23.9 Å². The molecule has 1 aromatic rings. The first-order chi connectivity index (χ1) is 16.3. The van der Waals surface area contributed by atoms with Gasteiger partial charge in [0, 0.05) is 32.5 Å². The van der Waals surface area contributed by atoms with E-state index in [0.717, 1.165) is 25.7 Å². The Morgan fingerprint density at radius 1 is 1.11 bits per heavy atom. The van der Waals surface area contributed by atoms with Gasteiger partial charge in [0.05, 0.1) is 23.8 Å². The number of nitrogens with zero attached hydrogens (tertiary/aromatic N) is 2. The molecule has 0 N–H and O–H groups in total. The lowest BCUT2D eigenvalue weighted by Gasteiger charge is -2.38. The Hall–Kier alpha value is -2.37. The van der Waals surface area contributed by atoms with Crippen LogP contribution in [0.15, 0.2) is 6.07 Å². The SMILES string of the molecule is COC(=O)c1sc(C#CC(C)(C)C)cc1N(C(=O)C1CCC(C)CC1)C(C(=O)N(C)C)[C@@H](C)OC. The summed E-state index contributed by atoms with van der Waals surface area (Å²) in [6.45, 7) is 9.96. The molecular formula is C27H40N2O5S. The van der Waals surface area contributed by atoms with E-state index in [1.807, 2.05) is 20.8 Å². The average molecular weight is 505 g/mol. The van der Waals surface area contributed by atoms with Crippen LogP contribution in [-0.4, -0.2) is 63.1 Å². The van der Waals surface area contributed by atoms with Crippen LogP contribution in [0, 0.1) is 29.1 Å². The molecule has 1 aliphatic rings. The van der Waals surface area contributed by atoms with E-state index in [1.165, 1.54) is 35.4 Å². The molecule has 7 nitrogen and oxygen atoms in total. The second-order valence-corrected chi connectivity index (χ2v) is 11.7. The summed E-state index contributed by atoms with van der Waals surface area (Å²) in [4.78, 5) is 44.2. The normalized spacial score (nSPS) is 19.7.